The number of carbonyl (C=O) groups excluding carboxylic acids is 10. The van der Waals surface area contributed by atoms with Crippen molar-refractivity contribution < 1.29 is 81.5 Å². The average Bonchev–Trinajstić information content (AvgIpc) is 1.48. The van der Waals surface area contributed by atoms with Crippen molar-refractivity contribution in [2.24, 2.45) is 5.92 Å². The summed E-state index contributed by atoms with van der Waals surface area (Å²) >= 11 is 0. The number of hydrogen-bond donors (Lipinski definition) is 6. The molecule has 0 bridgehead atoms. The molecule has 1 saturated heterocycles. The fourth-order valence-corrected chi connectivity index (χ4v) is 12.1. The highest BCUT2D eigenvalue weighted by atomic mass is 19.1. The van der Waals surface area contributed by atoms with Crippen LogP contribution in [0.5, 0.6) is 0 Å². The lowest BCUT2D eigenvalue weighted by Gasteiger charge is -2.31. The van der Waals surface area contributed by atoms with Crippen LogP contribution in [0.2, 0.25) is 0 Å². The standard InChI is InChI=1S/C66H83FN8O17/c1-4-66(88)47-34-52-62-45(37-75(52)64(86)46(47)39-92-65(66)87)61-49(18-17-44-41(3)48(67)35-51(72-62)60(44)61)70-55(80)14-11-22-68-54(79)21-19-53(78)50(33-42-12-7-5-8-13-42)71-56(81)20-16-43(77)36-69-57(82)38-73(24-26-89-28-30-91-31-29-90-27-25-76)58(83)15-9-6-10-23-74-59(84)32-40(2)63(74)85/h5,7-8,12-13,34-35,40,49-50,76,88H,4,6,9-11,14-33,36-39H2,1-3H3,(H,68,79)(H,69,82)(H,70,80)(H,71,81)/t40?,49?,50-,66-/m0/s1. The lowest BCUT2D eigenvalue weighted by atomic mass is 9.81. The van der Waals surface area contributed by atoms with Gasteiger partial charge < -0.3 is 59.9 Å². The van der Waals surface area contributed by atoms with Gasteiger partial charge in [-0.3, -0.25) is 52.8 Å². The number of fused-ring (bicyclic) bond motifs is 5. The van der Waals surface area contributed by atoms with E-state index in [0.717, 1.165) is 11.1 Å². The molecule has 5 heterocycles. The molecule has 4 aromatic rings. The van der Waals surface area contributed by atoms with Gasteiger partial charge in [-0.1, -0.05) is 50.6 Å². The molecular weight excluding hydrogens is 1200 g/mol. The van der Waals surface area contributed by atoms with Crippen LogP contribution in [0.3, 0.4) is 0 Å². The van der Waals surface area contributed by atoms with Gasteiger partial charge in [-0.05, 0) is 80.2 Å². The number of nitrogens with one attached hydrogen (secondary N) is 4. The zero-order valence-corrected chi connectivity index (χ0v) is 52.5. The van der Waals surface area contributed by atoms with Crippen LogP contribution in [-0.2, 0) is 98.5 Å². The Hall–Kier alpha value is -8.17. The molecule has 1 fully saturated rings. The number of cyclic esters (lactones) is 1. The van der Waals surface area contributed by atoms with Crippen molar-refractivity contribution in [1.29, 1.82) is 0 Å². The summed E-state index contributed by atoms with van der Waals surface area (Å²) in [5.74, 6) is -5.35. The Morgan fingerprint density at radius 1 is 0.826 bits per heavy atom. The third-order valence-corrected chi connectivity index (χ3v) is 17.2. The Bertz CT molecular complexity index is 3490. The highest BCUT2D eigenvalue weighted by Gasteiger charge is 2.46. The third-order valence-electron chi connectivity index (χ3n) is 17.2. The number of amides is 7. The number of hydrogen-bond acceptors (Lipinski definition) is 18. The monoisotopic (exact) mass is 1280 g/mol. The number of benzene rings is 2. The van der Waals surface area contributed by atoms with Crippen molar-refractivity contribution in [3.63, 3.8) is 0 Å². The number of nitrogens with zero attached hydrogens (tertiary/aromatic N) is 4. The summed E-state index contributed by atoms with van der Waals surface area (Å²) in [6, 6.07) is 10.2. The van der Waals surface area contributed by atoms with Gasteiger partial charge in [0.2, 0.25) is 41.4 Å². The Kier molecular flexibility index (Phi) is 24.9. The van der Waals surface area contributed by atoms with E-state index in [1.807, 2.05) is 0 Å². The molecular formula is C66H83FN8O17. The number of ketones is 2. The second-order valence-electron chi connectivity index (χ2n) is 23.7. The van der Waals surface area contributed by atoms with Gasteiger partial charge in [0.25, 0.3) is 5.56 Å². The van der Waals surface area contributed by atoms with Crippen LogP contribution in [-0.4, -0.2) is 173 Å². The van der Waals surface area contributed by atoms with Gasteiger partial charge in [-0.2, -0.15) is 0 Å². The zero-order chi connectivity index (χ0) is 66.1. The van der Waals surface area contributed by atoms with E-state index < -0.39 is 70.9 Å². The summed E-state index contributed by atoms with van der Waals surface area (Å²) in [7, 11) is 0. The fraction of sp³-hybridized carbons (Fsp3) is 0.545. The van der Waals surface area contributed by atoms with E-state index in [1.54, 1.807) is 57.2 Å². The van der Waals surface area contributed by atoms with Gasteiger partial charge >= 0.3 is 5.97 Å². The predicted molar refractivity (Wildman–Crippen MR) is 329 cm³/mol. The van der Waals surface area contributed by atoms with Gasteiger partial charge in [-0.25, -0.2) is 14.2 Å². The predicted octanol–water partition coefficient (Wildman–Crippen LogP) is 2.90. The highest BCUT2D eigenvalue weighted by Crippen LogP contribution is 2.46. The topological polar surface area (TPSA) is 338 Å². The number of halogens is 1. The molecule has 3 aliphatic heterocycles. The van der Waals surface area contributed by atoms with Gasteiger partial charge in [0.15, 0.2) is 17.2 Å². The van der Waals surface area contributed by atoms with Crippen LogP contribution >= 0.6 is 0 Å². The molecule has 0 radical (unpaired) electrons. The summed E-state index contributed by atoms with van der Waals surface area (Å²) in [5, 5.41) is 32.1. The molecule has 4 aliphatic rings. The minimum Gasteiger partial charge on any atom is -0.458 e. The summed E-state index contributed by atoms with van der Waals surface area (Å²) in [6.07, 6.45) is 1.87. The van der Waals surface area contributed by atoms with Crippen molar-refractivity contribution in [2.75, 3.05) is 79.0 Å². The molecule has 8 rings (SSSR count). The first kappa shape index (κ1) is 69.7. The van der Waals surface area contributed by atoms with Gasteiger partial charge in [-0.15, -0.1) is 0 Å². The number of imide groups is 1. The lowest BCUT2D eigenvalue weighted by molar-refractivity contribution is -0.172. The molecule has 2 aromatic carbocycles. The van der Waals surface area contributed by atoms with E-state index in [9.17, 15) is 57.8 Å². The Labute approximate surface area is 531 Å². The number of ether oxygens (including phenoxy) is 4. The molecule has 0 saturated carbocycles. The second-order valence-corrected chi connectivity index (χ2v) is 23.7. The largest absolute Gasteiger partial charge is 0.458 e. The normalized spacial score (nSPS) is 17.4. The summed E-state index contributed by atoms with van der Waals surface area (Å²) < 4.78 is 38.4. The molecule has 7 amide bonds. The molecule has 6 N–H and O–H groups in total. The molecule has 1 aliphatic carbocycles. The minimum absolute atomic E-state index is 0.00864. The van der Waals surface area contributed by atoms with Crippen molar-refractivity contribution in [1.82, 2.24) is 40.6 Å². The summed E-state index contributed by atoms with van der Waals surface area (Å²) in [4.78, 5) is 152. The Morgan fingerprint density at radius 2 is 1.55 bits per heavy atom. The fourth-order valence-electron chi connectivity index (χ4n) is 12.1. The Morgan fingerprint density at radius 3 is 2.27 bits per heavy atom. The van der Waals surface area contributed by atoms with Crippen molar-refractivity contribution in [2.45, 2.75) is 148 Å². The van der Waals surface area contributed by atoms with Crippen LogP contribution in [0.4, 0.5) is 4.39 Å². The molecule has 2 aromatic heterocycles. The summed E-state index contributed by atoms with van der Waals surface area (Å²) in [5.41, 5.74) is 2.14. The van der Waals surface area contributed by atoms with Crippen molar-refractivity contribution >= 4 is 69.8 Å². The van der Waals surface area contributed by atoms with Crippen molar-refractivity contribution in [3.8, 4) is 11.4 Å². The minimum atomic E-state index is -2.05. The molecule has 25 nitrogen and oxygen atoms in total. The van der Waals surface area contributed by atoms with E-state index in [4.69, 9.17) is 29.0 Å². The number of aliphatic hydroxyl groups is 2. The number of unbranched alkanes of at least 4 members (excludes halogenated alkanes) is 2. The zero-order valence-electron chi connectivity index (χ0n) is 52.5. The molecule has 26 heteroatoms. The van der Waals surface area contributed by atoms with Crippen molar-refractivity contribution in [3.05, 3.63) is 97.6 Å². The molecule has 496 valence electrons. The van der Waals surface area contributed by atoms with Crippen LogP contribution in [0.15, 0.2) is 47.3 Å². The van der Waals surface area contributed by atoms with E-state index in [-0.39, 0.29) is 177 Å². The van der Waals surface area contributed by atoms with Crippen LogP contribution in [0.25, 0.3) is 22.3 Å². The number of likely N-dealkylation sites (tertiary alicyclic amines) is 1. The molecule has 4 atom stereocenters. The highest BCUT2D eigenvalue weighted by molar-refractivity contribution is 6.03. The van der Waals surface area contributed by atoms with E-state index in [2.05, 4.69) is 21.3 Å². The first-order chi connectivity index (χ1) is 44.2. The SMILES string of the molecule is CC[C@@]1(O)C(=O)OCc2c1cc1n(c2=O)Cc2c-1nc1cc(F)c(C)c3c1c2C(NC(=O)CCCNC(=O)CCC(=O)[C@H](Cc1ccccc1)NC(=O)CCC(=O)CNC(=O)CN(CCOCCOCCOCCO)C(=O)CCCCCN1C(=O)CC(C)C1=O)CC3. The number of Topliss-reactive ketones (excluding diaryl/α,β-unsaturated/α-hetero) is 2. The summed E-state index contributed by atoms with van der Waals surface area (Å²) in [6.45, 7) is 5.58. The van der Waals surface area contributed by atoms with Crippen LogP contribution in [0.1, 0.15) is 142 Å². The first-order valence-corrected chi connectivity index (χ1v) is 31.7. The van der Waals surface area contributed by atoms with E-state index in [0.29, 0.717) is 84.3 Å². The third kappa shape index (κ3) is 17.5. The second kappa shape index (κ2) is 32.9. The smallest absolute Gasteiger partial charge is 0.343 e. The molecule has 92 heavy (non-hydrogen) atoms. The lowest BCUT2D eigenvalue weighted by Crippen LogP contribution is -2.44. The molecule has 2 unspecified atom stereocenters. The number of aromatic nitrogens is 2. The number of pyridine rings is 2. The number of esters is 1. The van der Waals surface area contributed by atoms with Gasteiger partial charge in [0.05, 0.1) is 100 Å². The average molecular weight is 1280 g/mol. The first-order valence-electron chi connectivity index (χ1n) is 31.7. The quantitative estimate of drug-likeness (QED) is 0.0189. The molecule has 0 spiro atoms. The number of carbonyl (C=O) groups is 10. The van der Waals surface area contributed by atoms with Crippen LogP contribution in [0, 0.1) is 18.7 Å². The van der Waals surface area contributed by atoms with Gasteiger partial charge in [0.1, 0.15) is 12.4 Å². The van der Waals surface area contributed by atoms with Gasteiger partial charge in [0, 0.05) is 93.1 Å². The van der Waals surface area contributed by atoms with E-state index >= 15 is 4.39 Å². The number of rotatable bonds is 37. The Balaban J connectivity index is 0.782. The maximum atomic E-state index is 15.5. The number of aliphatic hydroxyl groups excluding tert-OH is 1. The number of aryl methyl sites for hydroxylation is 1. The maximum Gasteiger partial charge on any atom is 0.343 e. The van der Waals surface area contributed by atoms with Crippen LogP contribution < -0.4 is 26.8 Å². The van der Waals surface area contributed by atoms with E-state index in [1.165, 1.54) is 20.4 Å². The maximum absolute atomic E-state index is 15.5.